The van der Waals surface area contributed by atoms with E-state index in [0.29, 0.717) is 28.3 Å². The fourth-order valence-corrected chi connectivity index (χ4v) is 2.21. The largest absolute Gasteiger partial charge is 0.494 e. The number of carbonyl (C=O) groups is 2. The second-order valence-corrected chi connectivity index (χ2v) is 4.89. The first-order valence-electron chi connectivity index (χ1n) is 7.54. The molecule has 6 heteroatoms. The van der Waals surface area contributed by atoms with Crippen molar-refractivity contribution in [1.82, 2.24) is 0 Å². The zero-order chi connectivity index (χ0) is 17.5. The summed E-state index contributed by atoms with van der Waals surface area (Å²) < 4.78 is 10.4. The first-order valence-corrected chi connectivity index (χ1v) is 7.54. The van der Waals surface area contributed by atoms with E-state index in [1.807, 2.05) is 6.07 Å². The second-order valence-electron chi connectivity index (χ2n) is 4.89. The molecule has 126 valence electrons. The van der Waals surface area contributed by atoms with Crippen LogP contribution in [0.5, 0.6) is 5.75 Å². The first-order chi connectivity index (χ1) is 11.6. The van der Waals surface area contributed by atoms with Gasteiger partial charge in [-0.25, -0.2) is 4.79 Å². The molecule has 1 amide bonds. The van der Waals surface area contributed by atoms with Crippen molar-refractivity contribution >= 4 is 23.3 Å². The van der Waals surface area contributed by atoms with Gasteiger partial charge in [-0.3, -0.25) is 4.79 Å². The SMILES string of the molecule is CCOC(=O)c1cc(NC(=O)c2ccccc2)c(OC)cc1NC. The summed E-state index contributed by atoms with van der Waals surface area (Å²) in [4.78, 5) is 24.5. The normalized spacial score (nSPS) is 9.96. The Hall–Kier alpha value is -3.02. The molecule has 0 heterocycles. The number of rotatable bonds is 6. The van der Waals surface area contributed by atoms with Crippen LogP contribution in [0.4, 0.5) is 11.4 Å². The van der Waals surface area contributed by atoms with Gasteiger partial charge in [0.25, 0.3) is 5.91 Å². The highest BCUT2D eigenvalue weighted by atomic mass is 16.5. The molecule has 24 heavy (non-hydrogen) atoms. The van der Waals surface area contributed by atoms with E-state index in [-0.39, 0.29) is 12.5 Å². The maximum atomic E-state index is 12.3. The molecule has 0 saturated heterocycles. The maximum absolute atomic E-state index is 12.3. The van der Waals surface area contributed by atoms with Crippen molar-refractivity contribution in [1.29, 1.82) is 0 Å². The van der Waals surface area contributed by atoms with Gasteiger partial charge in [0.15, 0.2) is 0 Å². The van der Waals surface area contributed by atoms with Gasteiger partial charge in [0.05, 0.1) is 30.7 Å². The van der Waals surface area contributed by atoms with E-state index in [0.717, 1.165) is 0 Å². The third kappa shape index (κ3) is 3.84. The fraction of sp³-hybridized carbons (Fsp3) is 0.222. The number of benzene rings is 2. The number of hydrogen-bond acceptors (Lipinski definition) is 5. The van der Waals surface area contributed by atoms with Crippen molar-refractivity contribution in [3.8, 4) is 5.75 Å². The lowest BCUT2D eigenvalue weighted by atomic mass is 10.1. The molecular weight excluding hydrogens is 308 g/mol. The number of hydrogen-bond donors (Lipinski definition) is 2. The maximum Gasteiger partial charge on any atom is 0.340 e. The number of esters is 1. The van der Waals surface area contributed by atoms with Gasteiger partial charge in [-0.1, -0.05) is 18.2 Å². The number of methoxy groups -OCH3 is 1. The topological polar surface area (TPSA) is 76.7 Å². The summed E-state index contributed by atoms with van der Waals surface area (Å²) in [5.74, 6) is -0.322. The summed E-state index contributed by atoms with van der Waals surface area (Å²) in [6.07, 6.45) is 0. The van der Waals surface area contributed by atoms with E-state index in [1.165, 1.54) is 7.11 Å². The second kappa shape index (κ2) is 8.01. The van der Waals surface area contributed by atoms with E-state index in [1.54, 1.807) is 50.4 Å². The molecular formula is C18H20N2O4. The highest BCUT2D eigenvalue weighted by molar-refractivity contribution is 6.06. The van der Waals surface area contributed by atoms with Gasteiger partial charge >= 0.3 is 5.97 Å². The Morgan fingerprint density at radius 1 is 1.08 bits per heavy atom. The summed E-state index contributed by atoms with van der Waals surface area (Å²) in [5.41, 5.74) is 1.79. The summed E-state index contributed by atoms with van der Waals surface area (Å²) in [6, 6.07) is 12.0. The van der Waals surface area contributed by atoms with Crippen molar-refractivity contribution in [2.75, 3.05) is 31.4 Å². The molecule has 0 aliphatic carbocycles. The van der Waals surface area contributed by atoms with Crippen LogP contribution in [0.15, 0.2) is 42.5 Å². The molecule has 0 aliphatic rings. The minimum atomic E-state index is -0.472. The van der Waals surface area contributed by atoms with Gasteiger partial charge in [0, 0.05) is 18.7 Å². The zero-order valence-electron chi connectivity index (χ0n) is 13.9. The molecule has 0 unspecified atom stereocenters. The quantitative estimate of drug-likeness (QED) is 0.797. The molecule has 0 radical (unpaired) electrons. The molecule has 2 rings (SSSR count). The molecule has 0 saturated carbocycles. The lowest BCUT2D eigenvalue weighted by Crippen LogP contribution is -2.15. The summed E-state index contributed by atoms with van der Waals surface area (Å²) in [7, 11) is 3.19. The predicted octanol–water partition coefficient (Wildman–Crippen LogP) is 3.17. The minimum absolute atomic E-state index is 0.264. The smallest absolute Gasteiger partial charge is 0.340 e. The van der Waals surface area contributed by atoms with Crippen LogP contribution in [0.25, 0.3) is 0 Å². The van der Waals surface area contributed by atoms with Gasteiger partial charge < -0.3 is 20.1 Å². The number of nitrogens with one attached hydrogen (secondary N) is 2. The van der Waals surface area contributed by atoms with Crippen LogP contribution in [-0.4, -0.2) is 32.6 Å². The molecule has 0 spiro atoms. The van der Waals surface area contributed by atoms with E-state index in [9.17, 15) is 9.59 Å². The Balaban J connectivity index is 2.39. The lowest BCUT2D eigenvalue weighted by Gasteiger charge is -2.15. The Kier molecular flexibility index (Phi) is 5.78. The Labute approximate surface area is 140 Å². The molecule has 0 bridgehead atoms. The van der Waals surface area contributed by atoms with Crippen LogP contribution in [0, 0.1) is 0 Å². The molecule has 0 aliphatic heterocycles. The highest BCUT2D eigenvalue weighted by Crippen LogP contribution is 2.32. The number of amides is 1. The Morgan fingerprint density at radius 2 is 1.79 bits per heavy atom. The van der Waals surface area contributed by atoms with Crippen LogP contribution in [0.2, 0.25) is 0 Å². The van der Waals surface area contributed by atoms with Crippen LogP contribution in [0.3, 0.4) is 0 Å². The van der Waals surface area contributed by atoms with Crippen LogP contribution in [0.1, 0.15) is 27.6 Å². The van der Waals surface area contributed by atoms with Gasteiger partial charge in [-0.2, -0.15) is 0 Å². The summed E-state index contributed by atoms with van der Waals surface area (Å²) in [6.45, 7) is 2.00. The third-order valence-corrected chi connectivity index (χ3v) is 3.39. The highest BCUT2D eigenvalue weighted by Gasteiger charge is 2.18. The average Bonchev–Trinajstić information content (AvgIpc) is 2.62. The first kappa shape index (κ1) is 17.3. The number of ether oxygens (including phenoxy) is 2. The number of carbonyl (C=O) groups excluding carboxylic acids is 2. The average molecular weight is 328 g/mol. The standard InChI is InChI=1S/C18H20N2O4/c1-4-24-18(22)13-10-15(16(23-3)11-14(13)19-2)20-17(21)12-8-6-5-7-9-12/h5-11,19H,4H2,1-3H3,(H,20,21). The molecule has 0 aromatic heterocycles. The molecule has 2 aromatic carbocycles. The predicted molar refractivity (Wildman–Crippen MR) is 92.9 cm³/mol. The molecule has 6 nitrogen and oxygen atoms in total. The number of anilines is 2. The van der Waals surface area contributed by atoms with Crippen molar-refractivity contribution in [3.63, 3.8) is 0 Å². The molecule has 0 atom stereocenters. The lowest BCUT2D eigenvalue weighted by molar-refractivity contribution is 0.0527. The van der Waals surface area contributed by atoms with Gasteiger partial charge in [0.1, 0.15) is 5.75 Å². The van der Waals surface area contributed by atoms with E-state index in [2.05, 4.69) is 10.6 Å². The van der Waals surface area contributed by atoms with E-state index < -0.39 is 5.97 Å². The minimum Gasteiger partial charge on any atom is -0.494 e. The van der Waals surface area contributed by atoms with Gasteiger partial charge in [0.2, 0.25) is 0 Å². The monoisotopic (exact) mass is 328 g/mol. The van der Waals surface area contributed by atoms with Crippen molar-refractivity contribution < 1.29 is 19.1 Å². The summed E-state index contributed by atoms with van der Waals surface area (Å²) >= 11 is 0. The van der Waals surface area contributed by atoms with Crippen LogP contribution in [-0.2, 0) is 4.74 Å². The van der Waals surface area contributed by atoms with E-state index >= 15 is 0 Å². The van der Waals surface area contributed by atoms with Gasteiger partial charge in [-0.15, -0.1) is 0 Å². The zero-order valence-corrected chi connectivity index (χ0v) is 13.9. The Bertz CT molecular complexity index is 729. The molecule has 2 N–H and O–H groups in total. The van der Waals surface area contributed by atoms with E-state index in [4.69, 9.17) is 9.47 Å². The Morgan fingerprint density at radius 3 is 2.38 bits per heavy atom. The van der Waals surface area contributed by atoms with Crippen molar-refractivity contribution in [2.24, 2.45) is 0 Å². The van der Waals surface area contributed by atoms with Crippen molar-refractivity contribution in [3.05, 3.63) is 53.6 Å². The van der Waals surface area contributed by atoms with Gasteiger partial charge in [-0.05, 0) is 25.1 Å². The van der Waals surface area contributed by atoms with Crippen LogP contribution < -0.4 is 15.4 Å². The third-order valence-electron chi connectivity index (χ3n) is 3.39. The summed E-state index contributed by atoms with van der Waals surface area (Å²) in [5, 5.41) is 5.70. The molecule has 2 aromatic rings. The van der Waals surface area contributed by atoms with Crippen molar-refractivity contribution in [2.45, 2.75) is 6.92 Å². The fourth-order valence-electron chi connectivity index (χ4n) is 2.21. The van der Waals surface area contributed by atoms with Crippen LogP contribution >= 0.6 is 0 Å². The molecule has 0 fully saturated rings.